The van der Waals surface area contributed by atoms with E-state index in [0.29, 0.717) is 5.69 Å². The zero-order valence-electron chi connectivity index (χ0n) is 12.3. The molecular formula is C16H17N3O2. The van der Waals surface area contributed by atoms with Crippen LogP contribution in [0.3, 0.4) is 0 Å². The van der Waals surface area contributed by atoms with Gasteiger partial charge in [-0.2, -0.15) is 5.10 Å². The van der Waals surface area contributed by atoms with Crippen LogP contribution in [0, 0.1) is 30.9 Å². The van der Waals surface area contributed by atoms with Crippen molar-refractivity contribution in [1.82, 2.24) is 0 Å². The molecule has 0 radical (unpaired) electrons. The molecule has 0 aliphatic rings. The number of anilines is 1. The van der Waals surface area contributed by atoms with E-state index in [2.05, 4.69) is 29.6 Å². The minimum atomic E-state index is -0.425. The largest absolute Gasteiger partial charge is 0.278 e. The molecule has 0 heterocycles. The van der Waals surface area contributed by atoms with Crippen LogP contribution in [0.2, 0.25) is 0 Å². The first-order chi connectivity index (χ1) is 9.97. The molecule has 0 amide bonds. The molecule has 0 saturated carbocycles. The second-order valence-electron chi connectivity index (χ2n) is 4.99. The lowest BCUT2D eigenvalue weighted by Crippen LogP contribution is -1.96. The smallest absolute Gasteiger partial charge is 0.269 e. The highest BCUT2D eigenvalue weighted by molar-refractivity contribution is 5.84. The third kappa shape index (κ3) is 3.66. The molecule has 2 aromatic rings. The Balaban J connectivity index is 2.11. The normalized spacial score (nSPS) is 10.8. The summed E-state index contributed by atoms with van der Waals surface area (Å²) in [6, 6.07) is 10.4. The maximum absolute atomic E-state index is 10.6. The van der Waals surface area contributed by atoms with Gasteiger partial charge in [-0.05, 0) is 44.0 Å². The summed E-state index contributed by atoms with van der Waals surface area (Å²) in [6.07, 6.45) is 1.77. The lowest BCUT2D eigenvalue weighted by atomic mass is 10.0. The molecule has 0 bridgehead atoms. The quantitative estimate of drug-likeness (QED) is 0.524. The summed E-state index contributed by atoms with van der Waals surface area (Å²) in [5.74, 6) is 0. The van der Waals surface area contributed by atoms with Gasteiger partial charge in [-0.15, -0.1) is 0 Å². The fraction of sp³-hybridized carbons (Fsp3) is 0.188. The summed E-state index contributed by atoms with van der Waals surface area (Å²) in [7, 11) is 0. The summed E-state index contributed by atoms with van der Waals surface area (Å²) in [6.45, 7) is 6.16. The van der Waals surface area contributed by atoms with Gasteiger partial charge in [0.25, 0.3) is 5.69 Å². The average molecular weight is 283 g/mol. The predicted molar refractivity (Wildman–Crippen MR) is 85.0 cm³/mol. The number of hydrazone groups is 1. The van der Waals surface area contributed by atoms with Crippen molar-refractivity contribution in [2.45, 2.75) is 20.8 Å². The summed E-state index contributed by atoms with van der Waals surface area (Å²) in [5, 5.41) is 14.8. The molecule has 0 aliphatic heterocycles. The zero-order valence-corrected chi connectivity index (χ0v) is 12.3. The Hall–Kier alpha value is -2.69. The van der Waals surface area contributed by atoms with E-state index in [0.717, 1.165) is 5.56 Å². The fourth-order valence-electron chi connectivity index (χ4n) is 2.22. The molecule has 1 N–H and O–H groups in total. The van der Waals surface area contributed by atoms with Gasteiger partial charge >= 0.3 is 0 Å². The number of nitro groups is 1. The molecule has 0 saturated heterocycles. The third-order valence-corrected chi connectivity index (χ3v) is 3.20. The number of nitrogens with one attached hydrogen (secondary N) is 1. The van der Waals surface area contributed by atoms with Gasteiger partial charge in [0, 0.05) is 17.7 Å². The molecule has 0 aromatic heterocycles. The van der Waals surface area contributed by atoms with Crippen molar-refractivity contribution in [2.75, 3.05) is 5.43 Å². The lowest BCUT2D eigenvalue weighted by molar-refractivity contribution is -0.384. The molecule has 108 valence electrons. The first-order valence-corrected chi connectivity index (χ1v) is 6.59. The van der Waals surface area contributed by atoms with Crippen LogP contribution < -0.4 is 5.43 Å². The SMILES string of the molecule is Cc1cc(C)c(/C=N\Nc2ccc([N+](=O)[O-])cc2)c(C)c1. The van der Waals surface area contributed by atoms with Gasteiger partial charge in [0.2, 0.25) is 0 Å². The van der Waals surface area contributed by atoms with E-state index in [-0.39, 0.29) is 5.69 Å². The Labute approximate surface area is 123 Å². The standard InChI is InChI=1S/C16H17N3O2/c1-11-8-12(2)16(13(3)9-11)10-17-18-14-4-6-15(7-5-14)19(20)21/h4-10,18H,1-3H3/b17-10-. The van der Waals surface area contributed by atoms with Crippen LogP contribution in [-0.4, -0.2) is 11.1 Å². The van der Waals surface area contributed by atoms with E-state index < -0.39 is 4.92 Å². The molecule has 0 fully saturated rings. The van der Waals surface area contributed by atoms with Gasteiger partial charge in [-0.1, -0.05) is 17.7 Å². The molecule has 2 rings (SSSR count). The minimum absolute atomic E-state index is 0.0646. The first-order valence-electron chi connectivity index (χ1n) is 6.59. The monoisotopic (exact) mass is 283 g/mol. The third-order valence-electron chi connectivity index (χ3n) is 3.20. The molecule has 0 spiro atoms. The number of hydrogen-bond acceptors (Lipinski definition) is 4. The van der Waals surface area contributed by atoms with Crippen LogP contribution in [-0.2, 0) is 0 Å². The highest BCUT2D eigenvalue weighted by Crippen LogP contribution is 2.16. The molecule has 0 unspecified atom stereocenters. The van der Waals surface area contributed by atoms with Gasteiger partial charge in [-0.3, -0.25) is 15.5 Å². The van der Waals surface area contributed by atoms with E-state index in [1.54, 1.807) is 18.3 Å². The van der Waals surface area contributed by atoms with Crippen LogP contribution in [0.1, 0.15) is 22.3 Å². The number of non-ortho nitro benzene ring substituents is 1. The highest BCUT2D eigenvalue weighted by atomic mass is 16.6. The Morgan fingerprint density at radius 1 is 1.10 bits per heavy atom. The van der Waals surface area contributed by atoms with Gasteiger partial charge in [-0.25, -0.2) is 0 Å². The topological polar surface area (TPSA) is 67.5 Å². The van der Waals surface area contributed by atoms with E-state index in [1.165, 1.54) is 28.8 Å². The van der Waals surface area contributed by atoms with Gasteiger partial charge in [0.05, 0.1) is 16.8 Å². The van der Waals surface area contributed by atoms with E-state index in [9.17, 15) is 10.1 Å². The van der Waals surface area contributed by atoms with Crippen molar-refractivity contribution in [3.63, 3.8) is 0 Å². The van der Waals surface area contributed by atoms with Crippen molar-refractivity contribution >= 4 is 17.6 Å². The zero-order chi connectivity index (χ0) is 15.4. The van der Waals surface area contributed by atoms with Gasteiger partial charge in [0.1, 0.15) is 0 Å². The Kier molecular flexibility index (Phi) is 4.33. The summed E-state index contributed by atoms with van der Waals surface area (Å²) in [4.78, 5) is 10.1. The van der Waals surface area contributed by atoms with E-state index in [1.807, 2.05) is 13.8 Å². The molecule has 21 heavy (non-hydrogen) atoms. The maximum atomic E-state index is 10.6. The van der Waals surface area contributed by atoms with Crippen LogP contribution in [0.25, 0.3) is 0 Å². The Morgan fingerprint density at radius 2 is 1.67 bits per heavy atom. The van der Waals surface area contributed by atoms with Gasteiger partial charge < -0.3 is 0 Å². The van der Waals surface area contributed by atoms with Crippen molar-refractivity contribution < 1.29 is 4.92 Å². The van der Waals surface area contributed by atoms with Crippen molar-refractivity contribution in [2.24, 2.45) is 5.10 Å². The van der Waals surface area contributed by atoms with Crippen molar-refractivity contribution in [1.29, 1.82) is 0 Å². The Bertz CT molecular complexity index is 668. The average Bonchev–Trinajstić information content (AvgIpc) is 2.42. The summed E-state index contributed by atoms with van der Waals surface area (Å²) >= 11 is 0. The Morgan fingerprint density at radius 3 is 2.19 bits per heavy atom. The lowest BCUT2D eigenvalue weighted by Gasteiger charge is -2.06. The molecule has 5 nitrogen and oxygen atoms in total. The van der Waals surface area contributed by atoms with Crippen molar-refractivity contribution in [3.05, 3.63) is 68.8 Å². The first kappa shape index (κ1) is 14.7. The number of benzene rings is 2. The summed E-state index contributed by atoms with van der Waals surface area (Å²) in [5.41, 5.74) is 8.29. The number of rotatable bonds is 4. The molecule has 0 atom stereocenters. The maximum Gasteiger partial charge on any atom is 0.269 e. The fourth-order valence-corrected chi connectivity index (χ4v) is 2.22. The molecular weight excluding hydrogens is 266 g/mol. The number of nitrogens with zero attached hydrogens (tertiary/aromatic N) is 2. The minimum Gasteiger partial charge on any atom is -0.278 e. The highest BCUT2D eigenvalue weighted by Gasteiger charge is 2.03. The molecule has 2 aromatic carbocycles. The predicted octanol–water partition coefficient (Wildman–Crippen LogP) is 3.97. The van der Waals surface area contributed by atoms with E-state index in [4.69, 9.17) is 0 Å². The van der Waals surface area contributed by atoms with Crippen LogP contribution in [0.5, 0.6) is 0 Å². The second-order valence-corrected chi connectivity index (χ2v) is 4.99. The van der Waals surface area contributed by atoms with E-state index >= 15 is 0 Å². The number of aryl methyl sites for hydroxylation is 3. The van der Waals surface area contributed by atoms with Crippen LogP contribution >= 0.6 is 0 Å². The van der Waals surface area contributed by atoms with Crippen LogP contribution in [0.4, 0.5) is 11.4 Å². The van der Waals surface area contributed by atoms with Crippen molar-refractivity contribution in [3.8, 4) is 0 Å². The van der Waals surface area contributed by atoms with Gasteiger partial charge in [0.15, 0.2) is 0 Å². The molecule has 0 aliphatic carbocycles. The number of hydrogen-bond donors (Lipinski definition) is 1. The summed E-state index contributed by atoms with van der Waals surface area (Å²) < 4.78 is 0. The number of nitro benzene ring substituents is 1. The molecule has 5 heteroatoms. The van der Waals surface area contributed by atoms with Crippen LogP contribution in [0.15, 0.2) is 41.5 Å². The second kappa shape index (κ2) is 6.17.